The molecule has 0 aliphatic carbocycles. The van der Waals surface area contributed by atoms with Crippen molar-refractivity contribution in [3.05, 3.63) is 29.3 Å². The number of ether oxygens (including phenoxy) is 2. The summed E-state index contributed by atoms with van der Waals surface area (Å²) in [6, 6.07) is 5.73. The van der Waals surface area contributed by atoms with E-state index in [4.69, 9.17) is 9.47 Å². The number of hydrogen-bond donors (Lipinski definition) is 1. The Balaban J connectivity index is 1.77. The summed E-state index contributed by atoms with van der Waals surface area (Å²) >= 11 is 1.45. The van der Waals surface area contributed by atoms with Gasteiger partial charge in [0.05, 0.1) is 0 Å². The lowest BCUT2D eigenvalue weighted by Gasteiger charge is -2.18. The predicted octanol–water partition coefficient (Wildman–Crippen LogP) is 1.87. The van der Waals surface area contributed by atoms with E-state index in [0.717, 1.165) is 28.6 Å². The molecule has 2 heterocycles. The van der Waals surface area contributed by atoms with Crippen molar-refractivity contribution in [2.75, 3.05) is 40.4 Å². The molecule has 3 rings (SSSR count). The second-order valence-corrected chi connectivity index (χ2v) is 6.08. The van der Waals surface area contributed by atoms with Crippen LogP contribution >= 0.6 is 11.3 Å². The minimum atomic E-state index is -0.0692. The Hall–Kier alpha value is -2.12. The van der Waals surface area contributed by atoms with Crippen LogP contribution in [0.2, 0.25) is 0 Å². The van der Waals surface area contributed by atoms with E-state index in [1.54, 1.807) is 17.3 Å². The van der Waals surface area contributed by atoms with Gasteiger partial charge in [-0.2, -0.15) is 0 Å². The van der Waals surface area contributed by atoms with Gasteiger partial charge >= 0.3 is 0 Å². The Labute approximate surface area is 139 Å². The maximum Gasteiger partial charge on any atom is 0.273 e. The summed E-state index contributed by atoms with van der Waals surface area (Å²) < 4.78 is 11.1. The highest BCUT2D eigenvalue weighted by Crippen LogP contribution is 2.35. The molecule has 1 aliphatic heterocycles. The first-order valence-corrected chi connectivity index (χ1v) is 8.32. The van der Waals surface area contributed by atoms with Crippen molar-refractivity contribution in [1.29, 1.82) is 0 Å². The summed E-state index contributed by atoms with van der Waals surface area (Å²) in [6.07, 6.45) is 0. The standard InChI is InChI=1S/C16H19N3O3S/c1-17-5-6-19(2)16(20)12-10-23-15(18-12)11-3-4-13-14(9-11)22-8-7-21-13/h3-4,9-10,17H,5-8H2,1-2H3. The van der Waals surface area contributed by atoms with Crippen LogP contribution in [0.1, 0.15) is 10.5 Å². The third-order valence-corrected chi connectivity index (χ3v) is 4.45. The van der Waals surface area contributed by atoms with Gasteiger partial charge in [-0.1, -0.05) is 0 Å². The van der Waals surface area contributed by atoms with Gasteiger partial charge in [0.15, 0.2) is 11.5 Å². The molecule has 0 unspecified atom stereocenters. The number of hydrogen-bond acceptors (Lipinski definition) is 6. The van der Waals surface area contributed by atoms with Crippen molar-refractivity contribution < 1.29 is 14.3 Å². The maximum atomic E-state index is 12.3. The normalized spacial score (nSPS) is 13.0. The summed E-state index contributed by atoms with van der Waals surface area (Å²) in [6.45, 7) is 2.52. The predicted molar refractivity (Wildman–Crippen MR) is 89.4 cm³/mol. The molecular weight excluding hydrogens is 314 g/mol. The molecule has 0 saturated heterocycles. The SMILES string of the molecule is CNCCN(C)C(=O)c1csc(-c2ccc3c(c2)OCCO3)n1. The number of rotatable bonds is 5. The van der Waals surface area contributed by atoms with Crippen molar-refractivity contribution in [3.63, 3.8) is 0 Å². The first-order chi connectivity index (χ1) is 11.2. The highest BCUT2D eigenvalue weighted by molar-refractivity contribution is 7.13. The number of fused-ring (bicyclic) bond motifs is 1. The first kappa shape index (κ1) is 15.8. The van der Waals surface area contributed by atoms with Crippen molar-refractivity contribution >= 4 is 17.2 Å². The molecule has 1 aromatic carbocycles. The molecule has 0 radical (unpaired) electrons. The average Bonchev–Trinajstić information content (AvgIpc) is 3.08. The van der Waals surface area contributed by atoms with Crippen LogP contribution < -0.4 is 14.8 Å². The minimum absolute atomic E-state index is 0.0692. The van der Waals surface area contributed by atoms with Gasteiger partial charge in [-0.05, 0) is 25.2 Å². The lowest BCUT2D eigenvalue weighted by atomic mass is 10.2. The van der Waals surface area contributed by atoms with Gasteiger partial charge in [0.25, 0.3) is 5.91 Å². The summed E-state index contributed by atoms with van der Waals surface area (Å²) in [5, 5.41) is 5.62. The van der Waals surface area contributed by atoms with Crippen LogP contribution in [-0.4, -0.2) is 56.2 Å². The maximum absolute atomic E-state index is 12.3. The molecule has 122 valence electrons. The molecule has 0 atom stereocenters. The molecule has 6 nitrogen and oxygen atoms in total. The van der Waals surface area contributed by atoms with Crippen LogP contribution in [-0.2, 0) is 0 Å². The van der Waals surface area contributed by atoms with E-state index >= 15 is 0 Å². The first-order valence-electron chi connectivity index (χ1n) is 7.44. The lowest BCUT2D eigenvalue weighted by Crippen LogP contribution is -2.32. The fraction of sp³-hybridized carbons (Fsp3) is 0.375. The number of aromatic nitrogens is 1. The van der Waals surface area contributed by atoms with Gasteiger partial charge in [0.1, 0.15) is 23.9 Å². The molecule has 23 heavy (non-hydrogen) atoms. The zero-order chi connectivity index (χ0) is 16.2. The number of amides is 1. The monoisotopic (exact) mass is 333 g/mol. The van der Waals surface area contributed by atoms with Gasteiger partial charge < -0.3 is 19.7 Å². The Morgan fingerprint density at radius 1 is 1.35 bits per heavy atom. The molecule has 0 spiro atoms. The molecule has 2 aromatic rings. The number of nitrogens with one attached hydrogen (secondary N) is 1. The molecule has 0 fully saturated rings. The molecule has 1 amide bonds. The highest BCUT2D eigenvalue weighted by atomic mass is 32.1. The molecule has 1 aromatic heterocycles. The van der Waals surface area contributed by atoms with E-state index in [2.05, 4.69) is 10.3 Å². The summed E-state index contributed by atoms with van der Waals surface area (Å²) in [7, 11) is 3.64. The summed E-state index contributed by atoms with van der Waals surface area (Å²) in [5.74, 6) is 1.41. The highest BCUT2D eigenvalue weighted by Gasteiger charge is 2.17. The Bertz CT molecular complexity index is 702. The molecule has 7 heteroatoms. The number of carbonyl (C=O) groups excluding carboxylic acids is 1. The fourth-order valence-electron chi connectivity index (χ4n) is 2.26. The second-order valence-electron chi connectivity index (χ2n) is 5.23. The van der Waals surface area contributed by atoms with Gasteiger partial charge in [-0.25, -0.2) is 4.98 Å². The number of nitrogens with zero attached hydrogens (tertiary/aromatic N) is 2. The zero-order valence-corrected chi connectivity index (χ0v) is 14.0. The molecule has 1 aliphatic rings. The van der Waals surface area contributed by atoms with Crippen LogP contribution in [0.25, 0.3) is 10.6 Å². The van der Waals surface area contributed by atoms with E-state index < -0.39 is 0 Å². The van der Waals surface area contributed by atoms with Crippen LogP contribution in [0.4, 0.5) is 0 Å². The largest absolute Gasteiger partial charge is 0.486 e. The van der Waals surface area contributed by atoms with Gasteiger partial charge in [-0.3, -0.25) is 4.79 Å². The minimum Gasteiger partial charge on any atom is -0.486 e. The third-order valence-electron chi connectivity index (χ3n) is 3.56. The fourth-order valence-corrected chi connectivity index (χ4v) is 3.05. The van der Waals surface area contributed by atoms with Crippen LogP contribution in [0.3, 0.4) is 0 Å². The van der Waals surface area contributed by atoms with Gasteiger partial charge in [-0.15, -0.1) is 11.3 Å². The quantitative estimate of drug-likeness (QED) is 0.905. The Morgan fingerprint density at radius 3 is 2.91 bits per heavy atom. The van der Waals surface area contributed by atoms with Crippen LogP contribution in [0.5, 0.6) is 11.5 Å². The lowest BCUT2D eigenvalue weighted by molar-refractivity contribution is 0.0792. The summed E-state index contributed by atoms with van der Waals surface area (Å²) in [5.41, 5.74) is 1.40. The van der Waals surface area contributed by atoms with E-state index in [0.29, 0.717) is 25.5 Å². The Morgan fingerprint density at radius 2 is 2.13 bits per heavy atom. The molecular formula is C16H19N3O3S. The number of thiazole rings is 1. The van der Waals surface area contributed by atoms with Crippen molar-refractivity contribution in [3.8, 4) is 22.1 Å². The third kappa shape index (κ3) is 3.46. The molecule has 1 N–H and O–H groups in total. The average molecular weight is 333 g/mol. The number of benzene rings is 1. The van der Waals surface area contributed by atoms with E-state index in [1.165, 1.54) is 11.3 Å². The van der Waals surface area contributed by atoms with Gasteiger partial charge in [0.2, 0.25) is 0 Å². The van der Waals surface area contributed by atoms with Crippen molar-refractivity contribution in [1.82, 2.24) is 15.2 Å². The number of likely N-dealkylation sites (N-methyl/N-ethyl adjacent to an activating group) is 2. The molecule has 0 bridgehead atoms. The molecule has 0 saturated carbocycles. The van der Waals surface area contributed by atoms with E-state index in [-0.39, 0.29) is 5.91 Å². The summed E-state index contributed by atoms with van der Waals surface area (Å²) in [4.78, 5) is 18.5. The van der Waals surface area contributed by atoms with E-state index in [9.17, 15) is 4.79 Å². The van der Waals surface area contributed by atoms with Crippen molar-refractivity contribution in [2.24, 2.45) is 0 Å². The number of carbonyl (C=O) groups is 1. The Kier molecular flexibility index (Phi) is 4.78. The topological polar surface area (TPSA) is 63.7 Å². The second kappa shape index (κ2) is 6.97. The smallest absolute Gasteiger partial charge is 0.273 e. The van der Waals surface area contributed by atoms with Gasteiger partial charge in [0, 0.05) is 31.1 Å². The zero-order valence-electron chi connectivity index (χ0n) is 13.2. The van der Waals surface area contributed by atoms with Crippen molar-refractivity contribution in [2.45, 2.75) is 0 Å². The van der Waals surface area contributed by atoms with Crippen LogP contribution in [0.15, 0.2) is 23.6 Å². The van der Waals surface area contributed by atoms with E-state index in [1.807, 2.05) is 25.2 Å². The van der Waals surface area contributed by atoms with Crippen LogP contribution in [0, 0.1) is 0 Å².